The molecule has 0 fully saturated rings. The summed E-state index contributed by atoms with van der Waals surface area (Å²) >= 11 is 2.13. The van der Waals surface area contributed by atoms with Crippen LogP contribution in [0.5, 0.6) is 0 Å². The van der Waals surface area contributed by atoms with E-state index >= 15 is 0 Å². The van der Waals surface area contributed by atoms with Gasteiger partial charge >= 0.3 is 11.9 Å². The lowest BCUT2D eigenvalue weighted by atomic mass is 10.0. The summed E-state index contributed by atoms with van der Waals surface area (Å²) in [4.78, 5) is 21.2. The molecule has 7 heteroatoms. The van der Waals surface area contributed by atoms with Gasteiger partial charge < -0.3 is 10.2 Å². The molecule has 1 atom stereocenters. The van der Waals surface area contributed by atoms with E-state index in [4.69, 9.17) is 10.2 Å². The zero-order valence-corrected chi connectivity index (χ0v) is 12.6. The highest BCUT2D eigenvalue weighted by atomic mass is 127. The molecule has 2 N–H and O–H groups in total. The van der Waals surface area contributed by atoms with Crippen molar-refractivity contribution in [2.45, 2.75) is 44.6 Å². The Bertz CT molecular complexity index is 433. The van der Waals surface area contributed by atoms with E-state index in [2.05, 4.69) is 27.7 Å². The van der Waals surface area contributed by atoms with Crippen molar-refractivity contribution < 1.29 is 19.8 Å². The number of carboxylic acids is 2. The molecule has 1 aromatic heterocycles. The van der Waals surface area contributed by atoms with E-state index in [1.54, 1.807) is 10.9 Å². The largest absolute Gasteiger partial charge is 0.481 e. The van der Waals surface area contributed by atoms with Gasteiger partial charge in [-0.05, 0) is 35.4 Å². The van der Waals surface area contributed by atoms with Gasteiger partial charge in [-0.25, -0.2) is 0 Å². The monoisotopic (exact) mass is 380 g/mol. The summed E-state index contributed by atoms with van der Waals surface area (Å²) in [5.41, 5.74) is 0. The summed E-state index contributed by atoms with van der Waals surface area (Å²) in [6.45, 7) is 0. The number of hydrogen-bond donors (Lipinski definition) is 2. The molecule has 1 aromatic rings. The van der Waals surface area contributed by atoms with Crippen LogP contribution in [0.4, 0.5) is 0 Å². The van der Waals surface area contributed by atoms with Gasteiger partial charge in [0, 0.05) is 12.6 Å². The minimum atomic E-state index is -0.846. The first-order chi connectivity index (χ1) is 8.99. The van der Waals surface area contributed by atoms with E-state index in [1.165, 1.54) is 0 Å². The zero-order chi connectivity index (χ0) is 14.3. The fourth-order valence-electron chi connectivity index (χ4n) is 1.88. The van der Waals surface area contributed by atoms with Gasteiger partial charge in [0.1, 0.15) is 0 Å². The van der Waals surface area contributed by atoms with Crippen molar-refractivity contribution in [2.24, 2.45) is 0 Å². The van der Waals surface area contributed by atoms with Gasteiger partial charge in [0.2, 0.25) is 0 Å². The molecule has 1 heterocycles. The Balaban J connectivity index is 2.42. The Morgan fingerprint density at radius 3 is 2.53 bits per heavy atom. The van der Waals surface area contributed by atoms with Gasteiger partial charge in [0.05, 0.1) is 22.2 Å². The molecule has 0 bridgehead atoms. The number of hydrogen-bond acceptors (Lipinski definition) is 3. The molecule has 0 radical (unpaired) electrons. The number of rotatable bonds is 9. The number of aliphatic carboxylic acids is 2. The number of nitrogens with zero attached hydrogens (tertiary/aromatic N) is 2. The van der Waals surface area contributed by atoms with Gasteiger partial charge in [-0.3, -0.25) is 14.3 Å². The topological polar surface area (TPSA) is 92.4 Å². The number of halogens is 1. The minimum absolute atomic E-state index is 0.0384. The average Bonchev–Trinajstić information content (AvgIpc) is 2.73. The lowest BCUT2D eigenvalue weighted by molar-refractivity contribution is -0.138. The van der Waals surface area contributed by atoms with Crippen LogP contribution in [0, 0.1) is 3.57 Å². The van der Waals surface area contributed by atoms with E-state index in [0.29, 0.717) is 12.8 Å². The second-order valence-electron chi connectivity index (χ2n) is 4.38. The lowest BCUT2D eigenvalue weighted by Gasteiger charge is -2.15. The van der Waals surface area contributed by atoms with Crippen LogP contribution in [0.1, 0.15) is 44.6 Å². The van der Waals surface area contributed by atoms with Gasteiger partial charge in [-0.1, -0.05) is 12.8 Å². The van der Waals surface area contributed by atoms with Crippen LogP contribution in [0.3, 0.4) is 0 Å². The van der Waals surface area contributed by atoms with Gasteiger partial charge in [-0.15, -0.1) is 0 Å². The van der Waals surface area contributed by atoms with Crippen molar-refractivity contribution in [3.63, 3.8) is 0 Å². The number of aromatic nitrogens is 2. The van der Waals surface area contributed by atoms with Gasteiger partial charge in [0.15, 0.2) is 0 Å². The summed E-state index contributed by atoms with van der Waals surface area (Å²) in [6, 6.07) is -0.161. The summed E-state index contributed by atoms with van der Waals surface area (Å²) in [5.74, 6) is -1.63. The predicted molar refractivity (Wildman–Crippen MR) is 77.0 cm³/mol. The lowest BCUT2D eigenvalue weighted by Crippen LogP contribution is -2.14. The van der Waals surface area contributed by atoms with Gasteiger partial charge in [-0.2, -0.15) is 5.10 Å². The van der Waals surface area contributed by atoms with Crippen LogP contribution >= 0.6 is 22.6 Å². The molecule has 1 unspecified atom stereocenters. The second kappa shape index (κ2) is 8.13. The van der Waals surface area contributed by atoms with Crippen molar-refractivity contribution in [3.8, 4) is 0 Å². The van der Waals surface area contributed by atoms with Crippen LogP contribution in [0.2, 0.25) is 0 Å². The Morgan fingerprint density at radius 2 is 2.00 bits per heavy atom. The van der Waals surface area contributed by atoms with Crippen molar-refractivity contribution in [3.05, 3.63) is 16.0 Å². The maximum absolute atomic E-state index is 10.8. The molecule has 106 valence electrons. The first-order valence-corrected chi connectivity index (χ1v) is 7.20. The Morgan fingerprint density at radius 1 is 1.26 bits per heavy atom. The van der Waals surface area contributed by atoms with Crippen molar-refractivity contribution in [2.75, 3.05) is 0 Å². The Hall–Kier alpha value is -1.12. The summed E-state index contributed by atoms with van der Waals surface area (Å²) < 4.78 is 2.66. The van der Waals surface area contributed by atoms with E-state index in [9.17, 15) is 9.59 Å². The molecule has 0 saturated heterocycles. The van der Waals surface area contributed by atoms with Crippen molar-refractivity contribution in [1.82, 2.24) is 9.78 Å². The standard InChI is InChI=1S/C12H17IN2O4/c13-9-7-14-15(8-9)10(6-12(18)19)4-2-1-3-5-11(16)17/h7-8,10H,1-6H2,(H,16,17)(H,18,19). The van der Waals surface area contributed by atoms with Crippen molar-refractivity contribution in [1.29, 1.82) is 0 Å². The second-order valence-corrected chi connectivity index (χ2v) is 5.63. The Kier molecular flexibility index (Phi) is 6.82. The first kappa shape index (κ1) is 15.9. The molecule has 0 aliphatic carbocycles. The molecular weight excluding hydrogens is 363 g/mol. The molecule has 0 amide bonds. The maximum atomic E-state index is 10.8. The predicted octanol–water partition coefficient (Wildman–Crippen LogP) is 2.54. The van der Waals surface area contributed by atoms with E-state index < -0.39 is 11.9 Å². The van der Waals surface area contributed by atoms with Crippen LogP contribution in [0.25, 0.3) is 0 Å². The van der Waals surface area contributed by atoms with E-state index in [0.717, 1.165) is 16.4 Å². The number of carbonyl (C=O) groups is 2. The molecular formula is C12H17IN2O4. The number of carboxylic acid groups (broad SMARTS) is 2. The summed E-state index contributed by atoms with van der Waals surface area (Å²) in [5, 5.41) is 21.6. The molecule has 0 saturated carbocycles. The molecule has 0 aromatic carbocycles. The highest BCUT2D eigenvalue weighted by Crippen LogP contribution is 2.20. The molecule has 6 nitrogen and oxygen atoms in total. The fourth-order valence-corrected chi connectivity index (χ4v) is 2.29. The van der Waals surface area contributed by atoms with Crippen LogP contribution in [0.15, 0.2) is 12.4 Å². The first-order valence-electron chi connectivity index (χ1n) is 6.12. The smallest absolute Gasteiger partial charge is 0.305 e. The molecule has 0 aliphatic heterocycles. The van der Waals surface area contributed by atoms with Crippen molar-refractivity contribution >= 4 is 34.5 Å². The Labute approximate surface area is 124 Å². The average molecular weight is 380 g/mol. The van der Waals surface area contributed by atoms with Crippen LogP contribution in [-0.4, -0.2) is 31.9 Å². The zero-order valence-electron chi connectivity index (χ0n) is 10.5. The van der Waals surface area contributed by atoms with Gasteiger partial charge in [0.25, 0.3) is 0 Å². The third kappa shape index (κ3) is 6.55. The third-order valence-corrected chi connectivity index (χ3v) is 3.34. The summed E-state index contributed by atoms with van der Waals surface area (Å²) in [7, 11) is 0. The molecule has 1 rings (SSSR count). The maximum Gasteiger partial charge on any atom is 0.305 e. The highest BCUT2D eigenvalue weighted by molar-refractivity contribution is 14.1. The number of unbranched alkanes of at least 4 members (excludes halogenated alkanes) is 2. The normalized spacial score (nSPS) is 12.3. The van der Waals surface area contributed by atoms with Crippen LogP contribution < -0.4 is 0 Å². The minimum Gasteiger partial charge on any atom is -0.481 e. The SMILES string of the molecule is O=C(O)CCCCCC(CC(=O)O)n1cc(I)cn1. The quantitative estimate of drug-likeness (QED) is 0.508. The molecule has 0 spiro atoms. The molecule has 19 heavy (non-hydrogen) atoms. The highest BCUT2D eigenvalue weighted by Gasteiger charge is 2.15. The fraction of sp³-hybridized carbons (Fsp3) is 0.583. The molecule has 0 aliphatic rings. The van der Waals surface area contributed by atoms with Crippen LogP contribution in [-0.2, 0) is 9.59 Å². The third-order valence-electron chi connectivity index (χ3n) is 2.78. The summed E-state index contributed by atoms with van der Waals surface area (Å²) in [6.07, 6.45) is 6.66. The van der Waals surface area contributed by atoms with E-state index in [-0.39, 0.29) is 18.9 Å². The van der Waals surface area contributed by atoms with E-state index in [1.807, 2.05) is 6.20 Å².